The highest BCUT2D eigenvalue weighted by molar-refractivity contribution is 5.79. The van der Waals surface area contributed by atoms with Crippen molar-refractivity contribution < 1.29 is 14.6 Å². The van der Waals surface area contributed by atoms with Crippen LogP contribution < -0.4 is 4.90 Å². The van der Waals surface area contributed by atoms with Gasteiger partial charge in [0, 0.05) is 31.9 Å². The van der Waals surface area contributed by atoms with Gasteiger partial charge in [-0.25, -0.2) is 0 Å². The average molecular weight is 276 g/mol. The molecule has 2 aliphatic heterocycles. The minimum Gasteiger partial charge on any atom is -0.391 e. The molecule has 1 aromatic carbocycles. The third-order valence-corrected chi connectivity index (χ3v) is 3.88. The van der Waals surface area contributed by atoms with Gasteiger partial charge in [-0.2, -0.15) is 0 Å². The van der Waals surface area contributed by atoms with E-state index in [4.69, 9.17) is 4.74 Å². The third kappa shape index (κ3) is 2.94. The lowest BCUT2D eigenvalue weighted by atomic mass is 10.2. The molecule has 2 heterocycles. The summed E-state index contributed by atoms with van der Waals surface area (Å²) in [5.74, 6) is 0.0368. The lowest BCUT2D eigenvalue weighted by molar-refractivity contribution is -0.128. The Bertz CT molecular complexity index is 469. The zero-order chi connectivity index (χ0) is 13.9. The van der Waals surface area contributed by atoms with Gasteiger partial charge in [-0.05, 0) is 17.7 Å². The number of carbonyl (C=O) groups excluding carboxylic acids is 1. The number of anilines is 1. The lowest BCUT2D eigenvalue weighted by Crippen LogP contribution is -2.36. The van der Waals surface area contributed by atoms with Gasteiger partial charge >= 0.3 is 0 Å². The summed E-state index contributed by atoms with van der Waals surface area (Å²) in [7, 11) is 0. The molecule has 1 amide bonds. The Morgan fingerprint density at radius 3 is 2.50 bits per heavy atom. The number of likely N-dealkylation sites (tertiary alicyclic amines) is 1. The van der Waals surface area contributed by atoms with E-state index >= 15 is 0 Å². The van der Waals surface area contributed by atoms with E-state index in [1.165, 1.54) is 5.69 Å². The Balaban J connectivity index is 1.62. The number of rotatable bonds is 3. The molecule has 108 valence electrons. The maximum absolute atomic E-state index is 11.6. The molecule has 2 saturated heterocycles. The topological polar surface area (TPSA) is 53.0 Å². The van der Waals surface area contributed by atoms with Crippen LogP contribution in [0.5, 0.6) is 0 Å². The molecule has 2 aliphatic rings. The SMILES string of the molecule is O=C1CC(O)CN1Cc1ccc(N2CCOCC2)cc1. The standard InChI is InChI=1S/C15H20N2O3/c18-14-9-15(19)17(11-14)10-12-1-3-13(4-2-12)16-5-7-20-8-6-16/h1-4,14,18H,5-11H2. The summed E-state index contributed by atoms with van der Waals surface area (Å²) in [5.41, 5.74) is 2.30. The first-order valence-corrected chi connectivity index (χ1v) is 7.10. The van der Waals surface area contributed by atoms with Crippen LogP contribution in [0.15, 0.2) is 24.3 Å². The van der Waals surface area contributed by atoms with Gasteiger partial charge in [0.2, 0.25) is 5.91 Å². The number of carbonyl (C=O) groups is 1. The van der Waals surface area contributed by atoms with E-state index in [1.54, 1.807) is 4.90 Å². The van der Waals surface area contributed by atoms with Crippen molar-refractivity contribution in [2.45, 2.75) is 19.1 Å². The summed E-state index contributed by atoms with van der Waals surface area (Å²) in [6.07, 6.45) is -0.249. The largest absolute Gasteiger partial charge is 0.391 e. The normalized spacial score (nSPS) is 23.4. The fraction of sp³-hybridized carbons (Fsp3) is 0.533. The van der Waals surface area contributed by atoms with E-state index in [2.05, 4.69) is 29.2 Å². The van der Waals surface area contributed by atoms with Gasteiger partial charge in [-0.15, -0.1) is 0 Å². The van der Waals surface area contributed by atoms with Gasteiger partial charge in [-0.3, -0.25) is 4.79 Å². The van der Waals surface area contributed by atoms with Crippen LogP contribution in [0.2, 0.25) is 0 Å². The van der Waals surface area contributed by atoms with E-state index in [0.29, 0.717) is 13.1 Å². The molecule has 1 aromatic rings. The molecule has 3 rings (SSSR count). The summed E-state index contributed by atoms with van der Waals surface area (Å²) in [6.45, 7) is 4.44. The minimum absolute atomic E-state index is 0.0368. The van der Waals surface area contributed by atoms with Gasteiger partial charge in [0.25, 0.3) is 0 Å². The molecular weight excluding hydrogens is 256 g/mol. The number of amides is 1. The van der Waals surface area contributed by atoms with Crippen LogP contribution in [0.25, 0.3) is 0 Å². The Morgan fingerprint density at radius 2 is 1.90 bits per heavy atom. The van der Waals surface area contributed by atoms with Crippen molar-refractivity contribution in [1.82, 2.24) is 4.90 Å². The first-order valence-electron chi connectivity index (χ1n) is 7.10. The molecular formula is C15H20N2O3. The molecule has 20 heavy (non-hydrogen) atoms. The number of aliphatic hydroxyl groups is 1. The fourth-order valence-corrected chi connectivity index (χ4v) is 2.76. The van der Waals surface area contributed by atoms with Crippen LogP contribution in [0, 0.1) is 0 Å². The van der Waals surface area contributed by atoms with E-state index in [0.717, 1.165) is 31.9 Å². The van der Waals surface area contributed by atoms with Crippen LogP contribution in [0.1, 0.15) is 12.0 Å². The number of hydrogen-bond acceptors (Lipinski definition) is 4. The molecule has 5 nitrogen and oxygen atoms in total. The van der Waals surface area contributed by atoms with Crippen molar-refractivity contribution in [2.24, 2.45) is 0 Å². The predicted octanol–water partition coefficient (Wildman–Crippen LogP) is 0.616. The summed E-state index contributed by atoms with van der Waals surface area (Å²) >= 11 is 0. The Kier molecular flexibility index (Phi) is 3.89. The Hall–Kier alpha value is -1.59. The maximum atomic E-state index is 11.6. The van der Waals surface area contributed by atoms with Crippen molar-refractivity contribution in [3.05, 3.63) is 29.8 Å². The van der Waals surface area contributed by atoms with Crippen molar-refractivity contribution in [3.63, 3.8) is 0 Å². The number of hydrogen-bond donors (Lipinski definition) is 1. The maximum Gasteiger partial charge on any atom is 0.225 e. The van der Waals surface area contributed by atoms with E-state index in [1.807, 2.05) is 0 Å². The van der Waals surface area contributed by atoms with Crippen LogP contribution in [-0.4, -0.2) is 54.9 Å². The summed E-state index contributed by atoms with van der Waals surface area (Å²) in [4.78, 5) is 15.7. The molecule has 0 aromatic heterocycles. The summed E-state index contributed by atoms with van der Waals surface area (Å²) < 4.78 is 5.35. The second kappa shape index (κ2) is 5.81. The third-order valence-electron chi connectivity index (χ3n) is 3.88. The number of morpholine rings is 1. The molecule has 0 bridgehead atoms. The molecule has 0 saturated carbocycles. The molecule has 0 spiro atoms. The molecule has 0 radical (unpaired) electrons. The lowest BCUT2D eigenvalue weighted by Gasteiger charge is -2.29. The molecule has 1 atom stereocenters. The van der Waals surface area contributed by atoms with Gasteiger partial charge in [-0.1, -0.05) is 12.1 Å². The van der Waals surface area contributed by atoms with Crippen LogP contribution in [0.3, 0.4) is 0 Å². The summed E-state index contributed by atoms with van der Waals surface area (Å²) in [5, 5.41) is 9.48. The van der Waals surface area contributed by atoms with Crippen LogP contribution in [0.4, 0.5) is 5.69 Å². The van der Waals surface area contributed by atoms with Crippen molar-refractivity contribution in [2.75, 3.05) is 37.7 Å². The minimum atomic E-state index is -0.505. The Labute approximate surface area is 118 Å². The first kappa shape index (κ1) is 13.4. The van der Waals surface area contributed by atoms with Gasteiger partial charge < -0.3 is 19.6 Å². The molecule has 2 fully saturated rings. The van der Waals surface area contributed by atoms with Crippen LogP contribution in [-0.2, 0) is 16.1 Å². The van der Waals surface area contributed by atoms with Crippen molar-refractivity contribution >= 4 is 11.6 Å². The monoisotopic (exact) mass is 276 g/mol. The fourth-order valence-electron chi connectivity index (χ4n) is 2.76. The average Bonchev–Trinajstić information content (AvgIpc) is 2.79. The van der Waals surface area contributed by atoms with E-state index in [9.17, 15) is 9.90 Å². The number of benzene rings is 1. The highest BCUT2D eigenvalue weighted by Crippen LogP contribution is 2.19. The second-order valence-electron chi connectivity index (χ2n) is 5.40. The Morgan fingerprint density at radius 1 is 1.20 bits per heavy atom. The highest BCUT2D eigenvalue weighted by atomic mass is 16.5. The predicted molar refractivity (Wildman–Crippen MR) is 75.5 cm³/mol. The van der Waals surface area contributed by atoms with Crippen molar-refractivity contribution in [3.8, 4) is 0 Å². The summed E-state index contributed by atoms with van der Waals surface area (Å²) in [6, 6.07) is 8.31. The van der Waals surface area contributed by atoms with Gasteiger partial charge in [0.15, 0.2) is 0 Å². The van der Waals surface area contributed by atoms with Crippen molar-refractivity contribution in [1.29, 1.82) is 0 Å². The zero-order valence-corrected chi connectivity index (χ0v) is 11.5. The number of ether oxygens (including phenoxy) is 1. The zero-order valence-electron chi connectivity index (χ0n) is 11.5. The van der Waals surface area contributed by atoms with Gasteiger partial charge in [0.1, 0.15) is 0 Å². The smallest absolute Gasteiger partial charge is 0.225 e. The van der Waals surface area contributed by atoms with E-state index in [-0.39, 0.29) is 12.3 Å². The van der Waals surface area contributed by atoms with E-state index < -0.39 is 6.10 Å². The molecule has 5 heteroatoms. The first-order chi connectivity index (χ1) is 9.72. The molecule has 1 unspecified atom stereocenters. The quantitative estimate of drug-likeness (QED) is 0.879. The number of aliphatic hydroxyl groups excluding tert-OH is 1. The van der Waals surface area contributed by atoms with Crippen LogP contribution >= 0.6 is 0 Å². The molecule has 0 aliphatic carbocycles. The number of nitrogens with zero attached hydrogens (tertiary/aromatic N) is 2. The molecule has 1 N–H and O–H groups in total. The highest BCUT2D eigenvalue weighted by Gasteiger charge is 2.27. The van der Waals surface area contributed by atoms with Gasteiger partial charge in [0.05, 0.1) is 25.7 Å². The second-order valence-corrected chi connectivity index (χ2v) is 5.40. The number of β-amino-alcohol motifs (C(OH)–C–C–N with tert-alkyl or cyclic N) is 1.